The van der Waals surface area contributed by atoms with E-state index in [1.165, 1.54) is 6.07 Å². The maximum atomic E-state index is 13.4. The minimum absolute atomic E-state index is 0.114. The molecule has 1 aromatic heterocycles. The van der Waals surface area contributed by atoms with Gasteiger partial charge in [0.1, 0.15) is 11.6 Å². The smallest absolute Gasteiger partial charge is 0.134 e. The van der Waals surface area contributed by atoms with Crippen LogP contribution in [0.1, 0.15) is 16.5 Å². The van der Waals surface area contributed by atoms with Crippen molar-refractivity contribution in [3.63, 3.8) is 0 Å². The molecule has 0 saturated carbocycles. The largest absolute Gasteiger partial charge is 0.496 e. The van der Waals surface area contributed by atoms with Gasteiger partial charge in [0, 0.05) is 10.5 Å². The van der Waals surface area contributed by atoms with Crippen molar-refractivity contribution in [2.45, 2.75) is 12.5 Å². The summed E-state index contributed by atoms with van der Waals surface area (Å²) in [6, 6.07) is 7.03. The van der Waals surface area contributed by atoms with Gasteiger partial charge in [-0.1, -0.05) is 15.9 Å². The van der Waals surface area contributed by atoms with Crippen molar-refractivity contribution in [1.82, 2.24) is 5.32 Å². The van der Waals surface area contributed by atoms with E-state index >= 15 is 0 Å². The van der Waals surface area contributed by atoms with Gasteiger partial charge in [0.05, 0.1) is 12.0 Å². The van der Waals surface area contributed by atoms with Gasteiger partial charge in [-0.3, -0.25) is 0 Å². The van der Waals surface area contributed by atoms with E-state index in [0.29, 0.717) is 6.42 Å². The van der Waals surface area contributed by atoms with Crippen LogP contribution in [0.15, 0.2) is 34.1 Å². The average Bonchev–Trinajstić information content (AvgIpc) is 2.82. The summed E-state index contributed by atoms with van der Waals surface area (Å²) in [5.74, 6) is 0.650. The lowest BCUT2D eigenvalue weighted by atomic mass is 10.0. The molecule has 0 amide bonds. The van der Waals surface area contributed by atoms with E-state index < -0.39 is 0 Å². The molecule has 1 atom stereocenters. The van der Waals surface area contributed by atoms with Crippen LogP contribution >= 0.6 is 27.3 Å². The van der Waals surface area contributed by atoms with Crippen LogP contribution in [0.4, 0.5) is 4.39 Å². The Labute approximate surface area is 124 Å². The molecule has 0 fully saturated rings. The minimum Gasteiger partial charge on any atom is -0.496 e. The number of benzene rings is 1. The van der Waals surface area contributed by atoms with Crippen LogP contribution in [0.2, 0.25) is 0 Å². The number of ether oxygens (including phenoxy) is 1. The van der Waals surface area contributed by atoms with Crippen LogP contribution in [-0.4, -0.2) is 14.2 Å². The highest BCUT2D eigenvalue weighted by atomic mass is 79.9. The summed E-state index contributed by atoms with van der Waals surface area (Å²) in [6.07, 6.45) is 0.712. The highest BCUT2D eigenvalue weighted by molar-refractivity contribution is 9.10. The number of methoxy groups -OCH3 is 1. The molecule has 0 aliphatic heterocycles. The van der Waals surface area contributed by atoms with Crippen molar-refractivity contribution in [3.05, 3.63) is 50.4 Å². The van der Waals surface area contributed by atoms with Crippen molar-refractivity contribution in [3.8, 4) is 5.75 Å². The zero-order valence-electron chi connectivity index (χ0n) is 10.7. The summed E-state index contributed by atoms with van der Waals surface area (Å²) >= 11 is 4.96. The predicted octanol–water partition coefficient (Wildman–Crippen LogP) is 4.16. The van der Waals surface area contributed by atoms with Crippen LogP contribution < -0.4 is 10.1 Å². The lowest BCUT2D eigenvalue weighted by molar-refractivity contribution is 0.405. The molecule has 2 nitrogen and oxygen atoms in total. The molecule has 0 saturated heterocycles. The Morgan fingerprint density at radius 3 is 2.84 bits per heavy atom. The highest BCUT2D eigenvalue weighted by Crippen LogP contribution is 2.33. The standard InChI is InChI=1S/C14H15BrFNOS/c1-17-12(14-13(18-2)3-4-19-14)7-9-5-10(15)8-11(16)6-9/h3-6,8,12,17H,7H2,1-2H3. The Bertz CT molecular complexity index is 538. The fourth-order valence-electron chi connectivity index (χ4n) is 2.02. The monoisotopic (exact) mass is 343 g/mol. The molecule has 0 spiro atoms. The Balaban J connectivity index is 2.24. The van der Waals surface area contributed by atoms with Crippen LogP contribution in [0.25, 0.3) is 0 Å². The van der Waals surface area contributed by atoms with Crippen LogP contribution in [0, 0.1) is 5.82 Å². The fourth-order valence-corrected chi connectivity index (χ4v) is 3.51. The predicted molar refractivity (Wildman–Crippen MR) is 80.5 cm³/mol. The summed E-state index contributed by atoms with van der Waals surface area (Å²) in [6.45, 7) is 0. The summed E-state index contributed by atoms with van der Waals surface area (Å²) in [7, 11) is 3.56. The van der Waals surface area contributed by atoms with E-state index in [9.17, 15) is 4.39 Å². The molecule has 2 rings (SSSR count). The highest BCUT2D eigenvalue weighted by Gasteiger charge is 2.17. The summed E-state index contributed by atoms with van der Waals surface area (Å²) in [5.41, 5.74) is 0.946. The van der Waals surface area contributed by atoms with Gasteiger partial charge in [0.25, 0.3) is 0 Å². The van der Waals surface area contributed by atoms with Gasteiger partial charge >= 0.3 is 0 Å². The summed E-state index contributed by atoms with van der Waals surface area (Å²) < 4.78 is 19.5. The second-order valence-electron chi connectivity index (χ2n) is 4.18. The van der Waals surface area contributed by atoms with Crippen LogP contribution in [-0.2, 0) is 6.42 Å². The van der Waals surface area contributed by atoms with E-state index in [1.807, 2.05) is 24.6 Å². The molecule has 0 bridgehead atoms. The SMILES string of the molecule is CNC(Cc1cc(F)cc(Br)c1)c1sccc1OC. The van der Waals surface area contributed by atoms with Crippen molar-refractivity contribution >= 4 is 27.3 Å². The van der Waals surface area contributed by atoms with Crippen molar-refractivity contribution in [1.29, 1.82) is 0 Å². The Hall–Kier alpha value is -0.910. The zero-order valence-corrected chi connectivity index (χ0v) is 13.1. The maximum absolute atomic E-state index is 13.4. The third-order valence-electron chi connectivity index (χ3n) is 2.90. The number of thiophene rings is 1. The minimum atomic E-state index is -0.225. The molecule has 102 valence electrons. The van der Waals surface area contributed by atoms with Gasteiger partial charge < -0.3 is 10.1 Å². The van der Waals surface area contributed by atoms with E-state index in [-0.39, 0.29) is 11.9 Å². The second-order valence-corrected chi connectivity index (χ2v) is 6.04. The Morgan fingerprint density at radius 1 is 1.42 bits per heavy atom. The number of halogens is 2. The van der Waals surface area contributed by atoms with Gasteiger partial charge in [-0.15, -0.1) is 11.3 Å². The van der Waals surface area contributed by atoms with Gasteiger partial charge in [-0.05, 0) is 48.7 Å². The first-order valence-corrected chi connectivity index (χ1v) is 7.55. The van der Waals surface area contributed by atoms with E-state index in [0.717, 1.165) is 20.7 Å². The number of hydrogen-bond donors (Lipinski definition) is 1. The second kappa shape index (κ2) is 6.50. The lowest BCUT2D eigenvalue weighted by Crippen LogP contribution is -2.18. The van der Waals surface area contributed by atoms with Crippen LogP contribution in [0.3, 0.4) is 0 Å². The molecule has 19 heavy (non-hydrogen) atoms. The molecule has 1 N–H and O–H groups in total. The van der Waals surface area contributed by atoms with E-state index in [2.05, 4.69) is 21.2 Å². The molecule has 0 aliphatic carbocycles. The number of hydrogen-bond acceptors (Lipinski definition) is 3. The Kier molecular flexibility index (Phi) is 4.96. The third-order valence-corrected chi connectivity index (χ3v) is 4.37. The van der Waals surface area contributed by atoms with Crippen LogP contribution in [0.5, 0.6) is 5.75 Å². The molecule has 1 aromatic carbocycles. The van der Waals surface area contributed by atoms with E-state index in [4.69, 9.17) is 4.74 Å². The van der Waals surface area contributed by atoms with Crippen molar-refractivity contribution < 1.29 is 9.13 Å². The first-order chi connectivity index (χ1) is 9.13. The normalized spacial score (nSPS) is 12.4. The number of likely N-dealkylation sites (N-methyl/N-ethyl adjacent to an activating group) is 1. The molecule has 1 heterocycles. The molecular weight excluding hydrogens is 329 g/mol. The van der Waals surface area contributed by atoms with E-state index in [1.54, 1.807) is 24.5 Å². The molecule has 5 heteroatoms. The Morgan fingerprint density at radius 2 is 2.21 bits per heavy atom. The molecular formula is C14H15BrFNOS. The molecule has 1 unspecified atom stereocenters. The number of nitrogens with one attached hydrogen (secondary N) is 1. The molecule has 0 aliphatic rings. The third kappa shape index (κ3) is 3.55. The topological polar surface area (TPSA) is 21.3 Å². The summed E-state index contributed by atoms with van der Waals surface area (Å²) in [4.78, 5) is 1.13. The van der Waals surface area contributed by atoms with Gasteiger partial charge in [-0.2, -0.15) is 0 Å². The van der Waals surface area contributed by atoms with Crippen molar-refractivity contribution in [2.75, 3.05) is 14.2 Å². The zero-order chi connectivity index (χ0) is 13.8. The summed E-state index contributed by atoms with van der Waals surface area (Å²) in [5, 5.41) is 5.26. The van der Waals surface area contributed by atoms with Gasteiger partial charge in [0.2, 0.25) is 0 Å². The molecule has 2 aromatic rings. The van der Waals surface area contributed by atoms with Gasteiger partial charge in [-0.25, -0.2) is 4.39 Å². The maximum Gasteiger partial charge on any atom is 0.134 e. The van der Waals surface area contributed by atoms with Gasteiger partial charge in [0.15, 0.2) is 0 Å². The number of rotatable bonds is 5. The fraction of sp³-hybridized carbons (Fsp3) is 0.286. The quantitative estimate of drug-likeness (QED) is 0.879. The molecule has 0 radical (unpaired) electrons. The lowest BCUT2D eigenvalue weighted by Gasteiger charge is -2.16. The first kappa shape index (κ1) is 14.5. The first-order valence-electron chi connectivity index (χ1n) is 5.87. The average molecular weight is 344 g/mol. The van der Waals surface area contributed by atoms with Crippen molar-refractivity contribution in [2.24, 2.45) is 0 Å².